The number of anilines is 1. The van der Waals surface area contributed by atoms with Crippen molar-refractivity contribution < 1.29 is 4.79 Å². The first-order valence-electron chi connectivity index (χ1n) is 5.18. The predicted octanol–water partition coefficient (Wildman–Crippen LogP) is 0.521. The van der Waals surface area contributed by atoms with Gasteiger partial charge in [-0.05, 0) is 6.92 Å². The molecule has 2 aromatic rings. The van der Waals surface area contributed by atoms with Crippen LogP contribution in [0.3, 0.4) is 0 Å². The van der Waals surface area contributed by atoms with Crippen LogP contribution in [0, 0.1) is 0 Å². The van der Waals surface area contributed by atoms with Gasteiger partial charge in [-0.1, -0.05) is 0 Å². The zero-order chi connectivity index (χ0) is 11.1. The van der Waals surface area contributed by atoms with E-state index in [9.17, 15) is 4.79 Å². The fraction of sp³-hybridized carbons (Fsp3) is 0.400. The molecule has 1 unspecified atom stereocenters. The smallest absolute Gasteiger partial charge is 0.182 e. The van der Waals surface area contributed by atoms with Gasteiger partial charge in [-0.2, -0.15) is 0 Å². The Balaban J connectivity index is 2.12. The Kier molecular flexibility index (Phi) is 1.89. The number of imidazole rings is 1. The summed E-state index contributed by atoms with van der Waals surface area (Å²) >= 11 is 0. The number of nitrogens with one attached hydrogen (secondary N) is 1. The zero-order valence-electron chi connectivity index (χ0n) is 8.84. The molecular weight excluding hydrogens is 206 g/mol. The summed E-state index contributed by atoms with van der Waals surface area (Å²) in [6.07, 6.45) is 3.65. The van der Waals surface area contributed by atoms with E-state index in [4.69, 9.17) is 0 Å². The van der Waals surface area contributed by atoms with Gasteiger partial charge in [-0.15, -0.1) is 0 Å². The van der Waals surface area contributed by atoms with Crippen molar-refractivity contribution in [2.24, 2.45) is 0 Å². The molecule has 6 heteroatoms. The Morgan fingerprint density at radius 3 is 3.06 bits per heavy atom. The van der Waals surface area contributed by atoms with Crippen molar-refractivity contribution in [3.8, 4) is 0 Å². The third-order valence-electron chi connectivity index (χ3n) is 2.88. The maximum Gasteiger partial charge on any atom is 0.182 e. The molecule has 0 saturated carbocycles. The first-order chi connectivity index (χ1) is 7.75. The van der Waals surface area contributed by atoms with E-state index in [1.165, 1.54) is 6.33 Å². The van der Waals surface area contributed by atoms with E-state index in [0.717, 1.165) is 11.3 Å². The Hall–Kier alpha value is -1.98. The van der Waals surface area contributed by atoms with Gasteiger partial charge in [0, 0.05) is 12.5 Å². The van der Waals surface area contributed by atoms with Crippen LogP contribution in [0.25, 0.3) is 11.2 Å². The molecule has 3 heterocycles. The van der Waals surface area contributed by atoms with Crippen LogP contribution in [0.15, 0.2) is 12.7 Å². The topological polar surface area (TPSA) is 74.8 Å². The average Bonchev–Trinajstić information content (AvgIpc) is 2.84. The summed E-state index contributed by atoms with van der Waals surface area (Å²) in [4.78, 5) is 28.8. The lowest BCUT2D eigenvalue weighted by Gasteiger charge is -2.21. The molecular formula is C10H11N5O. The van der Waals surface area contributed by atoms with Crippen molar-refractivity contribution in [3.05, 3.63) is 12.7 Å². The van der Waals surface area contributed by atoms with Gasteiger partial charge in [-0.3, -0.25) is 4.79 Å². The van der Waals surface area contributed by atoms with Gasteiger partial charge in [-0.25, -0.2) is 15.0 Å². The van der Waals surface area contributed by atoms with Gasteiger partial charge >= 0.3 is 0 Å². The highest BCUT2D eigenvalue weighted by molar-refractivity contribution is 5.91. The van der Waals surface area contributed by atoms with Crippen LogP contribution >= 0.6 is 0 Å². The number of fused-ring (bicyclic) bond motifs is 1. The van der Waals surface area contributed by atoms with E-state index in [2.05, 4.69) is 19.9 Å². The summed E-state index contributed by atoms with van der Waals surface area (Å²) < 4.78 is 0. The van der Waals surface area contributed by atoms with E-state index >= 15 is 0 Å². The molecule has 82 valence electrons. The van der Waals surface area contributed by atoms with Crippen LogP contribution in [0.4, 0.5) is 5.82 Å². The standard InChI is InChI=1S/C10H11N5O/c1-6-2-7(16)3-15(6)10-8-9(12-4-11-8)13-5-14-10/h4-6H,2-3H2,1H3,(H,11,12,13,14). The van der Waals surface area contributed by atoms with Gasteiger partial charge in [0.1, 0.15) is 11.8 Å². The van der Waals surface area contributed by atoms with Gasteiger partial charge < -0.3 is 9.88 Å². The van der Waals surface area contributed by atoms with Gasteiger partial charge in [0.2, 0.25) is 0 Å². The van der Waals surface area contributed by atoms with Crippen LogP contribution in [-0.4, -0.2) is 38.3 Å². The third kappa shape index (κ3) is 1.26. The molecule has 2 aromatic heterocycles. The molecule has 1 aliphatic heterocycles. The molecule has 0 bridgehead atoms. The van der Waals surface area contributed by atoms with Crippen molar-refractivity contribution in [2.75, 3.05) is 11.4 Å². The lowest BCUT2D eigenvalue weighted by Crippen LogP contribution is -2.28. The molecule has 1 atom stereocenters. The van der Waals surface area contributed by atoms with Gasteiger partial charge in [0.15, 0.2) is 17.2 Å². The van der Waals surface area contributed by atoms with E-state index < -0.39 is 0 Å². The number of hydrogen-bond acceptors (Lipinski definition) is 5. The van der Waals surface area contributed by atoms with E-state index in [0.29, 0.717) is 18.6 Å². The highest BCUT2D eigenvalue weighted by Crippen LogP contribution is 2.25. The molecule has 16 heavy (non-hydrogen) atoms. The van der Waals surface area contributed by atoms with E-state index in [1.807, 2.05) is 11.8 Å². The minimum absolute atomic E-state index is 0.189. The van der Waals surface area contributed by atoms with Crippen molar-refractivity contribution >= 4 is 22.8 Å². The molecule has 0 aromatic carbocycles. The maximum absolute atomic E-state index is 11.4. The lowest BCUT2D eigenvalue weighted by molar-refractivity contribution is -0.116. The molecule has 0 amide bonds. The minimum atomic E-state index is 0.189. The number of aromatic amines is 1. The summed E-state index contributed by atoms with van der Waals surface area (Å²) in [6.45, 7) is 2.45. The van der Waals surface area contributed by atoms with Crippen molar-refractivity contribution in [3.63, 3.8) is 0 Å². The normalized spacial score (nSPS) is 20.9. The summed E-state index contributed by atoms with van der Waals surface area (Å²) in [7, 11) is 0. The molecule has 1 saturated heterocycles. The molecule has 1 fully saturated rings. The SMILES string of the molecule is CC1CC(=O)CN1c1ncnc2nc[nH]c12. The van der Waals surface area contributed by atoms with Gasteiger partial charge in [0.25, 0.3) is 0 Å². The quantitative estimate of drug-likeness (QED) is 0.753. The largest absolute Gasteiger partial charge is 0.344 e. The minimum Gasteiger partial charge on any atom is -0.344 e. The first kappa shape index (κ1) is 9.26. The van der Waals surface area contributed by atoms with E-state index in [1.54, 1.807) is 6.33 Å². The summed E-state index contributed by atoms with van der Waals surface area (Å²) in [5.41, 5.74) is 1.43. The second-order valence-electron chi connectivity index (χ2n) is 4.02. The number of carbonyl (C=O) groups excluding carboxylic acids is 1. The second-order valence-corrected chi connectivity index (χ2v) is 4.02. The second kappa shape index (κ2) is 3.26. The number of nitrogens with zero attached hydrogens (tertiary/aromatic N) is 4. The molecule has 0 aliphatic carbocycles. The van der Waals surface area contributed by atoms with Crippen molar-refractivity contribution in [1.29, 1.82) is 0 Å². The van der Waals surface area contributed by atoms with Crippen molar-refractivity contribution in [2.45, 2.75) is 19.4 Å². The van der Waals surface area contributed by atoms with Gasteiger partial charge in [0.05, 0.1) is 12.9 Å². The molecule has 1 aliphatic rings. The fourth-order valence-corrected chi connectivity index (χ4v) is 2.10. The number of Topliss-reactive ketones (excluding diaryl/α,β-unsaturated/α-hetero) is 1. The average molecular weight is 217 g/mol. The molecule has 0 spiro atoms. The molecule has 1 N–H and O–H groups in total. The summed E-state index contributed by atoms with van der Waals surface area (Å²) in [5, 5.41) is 0. The van der Waals surface area contributed by atoms with Crippen LogP contribution in [0.5, 0.6) is 0 Å². The third-order valence-corrected chi connectivity index (χ3v) is 2.88. The number of ketones is 1. The molecule has 6 nitrogen and oxygen atoms in total. The van der Waals surface area contributed by atoms with Crippen molar-refractivity contribution in [1.82, 2.24) is 19.9 Å². The number of rotatable bonds is 1. The number of hydrogen-bond donors (Lipinski definition) is 1. The summed E-state index contributed by atoms with van der Waals surface area (Å²) in [6, 6.07) is 0.189. The Morgan fingerprint density at radius 2 is 2.31 bits per heavy atom. The number of carbonyl (C=O) groups is 1. The number of H-pyrrole nitrogens is 1. The Bertz CT molecular complexity index is 549. The Labute approximate surface area is 91.7 Å². The lowest BCUT2D eigenvalue weighted by atomic mass is 10.2. The molecule has 3 rings (SSSR count). The Morgan fingerprint density at radius 1 is 1.44 bits per heavy atom. The summed E-state index contributed by atoms with van der Waals surface area (Å²) in [5.74, 6) is 1.01. The zero-order valence-corrected chi connectivity index (χ0v) is 8.84. The monoisotopic (exact) mass is 217 g/mol. The number of aromatic nitrogens is 4. The van der Waals surface area contributed by atoms with E-state index in [-0.39, 0.29) is 11.8 Å². The van der Waals surface area contributed by atoms with Crippen LogP contribution in [-0.2, 0) is 4.79 Å². The van der Waals surface area contributed by atoms with Crippen LogP contribution in [0.2, 0.25) is 0 Å². The fourth-order valence-electron chi connectivity index (χ4n) is 2.10. The van der Waals surface area contributed by atoms with Crippen LogP contribution < -0.4 is 4.90 Å². The highest BCUT2D eigenvalue weighted by Gasteiger charge is 2.29. The first-order valence-corrected chi connectivity index (χ1v) is 5.18. The molecule has 0 radical (unpaired) electrons. The van der Waals surface area contributed by atoms with Crippen LogP contribution in [0.1, 0.15) is 13.3 Å². The predicted molar refractivity (Wildman–Crippen MR) is 58.1 cm³/mol. The highest BCUT2D eigenvalue weighted by atomic mass is 16.1. The maximum atomic E-state index is 11.4.